The largest absolute Gasteiger partial charge is 0.394 e. The highest BCUT2D eigenvalue weighted by atomic mass is 127. The molecular weight excluding hydrogens is 305 g/mol. The van der Waals surface area contributed by atoms with Crippen LogP contribution in [0.25, 0.3) is 0 Å². The van der Waals surface area contributed by atoms with Crippen LogP contribution >= 0.6 is 24.0 Å². The van der Waals surface area contributed by atoms with E-state index in [9.17, 15) is 0 Å². The number of rotatable bonds is 6. The van der Waals surface area contributed by atoms with Gasteiger partial charge in [-0.3, -0.25) is 4.99 Å². The maximum atomic E-state index is 8.92. The topological polar surface area (TPSA) is 70.6 Å². The van der Waals surface area contributed by atoms with Crippen LogP contribution < -0.4 is 11.1 Å². The first kappa shape index (κ1) is 17.4. The number of nitrogens with one attached hydrogen (secondary N) is 1. The molecule has 0 heterocycles. The Balaban J connectivity index is 0. The van der Waals surface area contributed by atoms with Crippen molar-refractivity contribution in [2.24, 2.45) is 16.6 Å². The summed E-state index contributed by atoms with van der Waals surface area (Å²) in [6.07, 6.45) is 1.88. The lowest BCUT2D eigenvalue weighted by atomic mass is 10.1. The summed E-state index contributed by atoms with van der Waals surface area (Å²) in [4.78, 5) is 4.17. The molecular formula is C10H24IN3O. The number of hydrogen-bond donors (Lipinski definition) is 3. The second kappa shape index (κ2) is 10.5. The lowest BCUT2D eigenvalue weighted by Gasteiger charge is -2.14. The summed E-state index contributed by atoms with van der Waals surface area (Å²) in [6, 6.07) is 0.0257. The van der Waals surface area contributed by atoms with Crippen molar-refractivity contribution in [2.45, 2.75) is 39.7 Å². The van der Waals surface area contributed by atoms with Crippen LogP contribution in [0, 0.1) is 5.92 Å². The summed E-state index contributed by atoms with van der Waals surface area (Å²) in [5.74, 6) is 1.08. The molecule has 0 aliphatic carbocycles. The van der Waals surface area contributed by atoms with Gasteiger partial charge in [0.25, 0.3) is 0 Å². The minimum absolute atomic E-state index is 0. The Labute approximate surface area is 110 Å². The first-order valence-corrected chi connectivity index (χ1v) is 5.27. The van der Waals surface area contributed by atoms with Gasteiger partial charge >= 0.3 is 0 Å². The zero-order chi connectivity index (χ0) is 11.0. The lowest BCUT2D eigenvalue weighted by molar-refractivity contribution is 0.252. The molecule has 0 spiro atoms. The van der Waals surface area contributed by atoms with Gasteiger partial charge in [0.1, 0.15) is 0 Å². The Bertz CT molecular complexity index is 170. The normalized spacial score (nSPS) is 13.5. The second-order valence-corrected chi connectivity index (χ2v) is 3.88. The summed E-state index contributed by atoms with van der Waals surface area (Å²) in [5.41, 5.74) is 5.64. The van der Waals surface area contributed by atoms with Crippen molar-refractivity contribution in [1.29, 1.82) is 0 Å². The zero-order valence-electron chi connectivity index (χ0n) is 9.86. The Hall–Kier alpha value is -0.0400. The van der Waals surface area contributed by atoms with Crippen LogP contribution in [0.4, 0.5) is 0 Å². The van der Waals surface area contributed by atoms with E-state index in [1.54, 1.807) is 0 Å². The van der Waals surface area contributed by atoms with Crippen molar-refractivity contribution in [3.63, 3.8) is 0 Å². The van der Waals surface area contributed by atoms with Crippen molar-refractivity contribution in [3.8, 4) is 0 Å². The number of halogens is 1. The molecule has 0 aromatic carbocycles. The van der Waals surface area contributed by atoms with E-state index in [0.717, 1.165) is 19.4 Å². The number of aliphatic imine (C=N–C) groups is 1. The summed E-state index contributed by atoms with van der Waals surface area (Å²) < 4.78 is 0. The zero-order valence-corrected chi connectivity index (χ0v) is 12.2. The molecule has 0 aromatic rings. The predicted octanol–water partition coefficient (Wildman–Crippen LogP) is 1.33. The minimum Gasteiger partial charge on any atom is -0.394 e. The predicted molar refractivity (Wildman–Crippen MR) is 75.7 cm³/mol. The van der Waals surface area contributed by atoms with E-state index in [-0.39, 0.29) is 36.6 Å². The molecule has 0 bridgehead atoms. The van der Waals surface area contributed by atoms with E-state index in [2.05, 4.69) is 24.2 Å². The Morgan fingerprint density at radius 3 is 2.47 bits per heavy atom. The molecule has 15 heavy (non-hydrogen) atoms. The van der Waals surface area contributed by atoms with Crippen molar-refractivity contribution in [3.05, 3.63) is 0 Å². The Kier molecular flexibility index (Phi) is 12.1. The minimum atomic E-state index is 0. The molecule has 0 rings (SSSR count). The molecule has 0 fully saturated rings. The standard InChI is InChI=1S/C10H23N3O.HI/c1-4-9(7-14)13-10(11)12-6-5-8(2)3;/h8-9,14H,4-7H2,1-3H3,(H3,11,12,13);1H/t9-;/m1./s1. The van der Waals surface area contributed by atoms with E-state index >= 15 is 0 Å². The third-order valence-corrected chi connectivity index (χ3v) is 2.05. The maximum Gasteiger partial charge on any atom is 0.188 e. The van der Waals surface area contributed by atoms with Gasteiger partial charge in [-0.25, -0.2) is 0 Å². The summed E-state index contributed by atoms with van der Waals surface area (Å²) >= 11 is 0. The number of nitrogens with two attached hydrogens (primary N) is 1. The van der Waals surface area contributed by atoms with Gasteiger partial charge in [0.15, 0.2) is 5.96 Å². The van der Waals surface area contributed by atoms with Crippen molar-refractivity contribution in [2.75, 3.05) is 13.2 Å². The molecule has 0 amide bonds. The molecule has 0 aliphatic heterocycles. The highest BCUT2D eigenvalue weighted by molar-refractivity contribution is 14.0. The van der Waals surface area contributed by atoms with Crippen LogP contribution in [0.2, 0.25) is 0 Å². The van der Waals surface area contributed by atoms with Gasteiger partial charge in [0.05, 0.1) is 12.6 Å². The monoisotopic (exact) mass is 329 g/mol. The molecule has 0 saturated heterocycles. The fraction of sp³-hybridized carbons (Fsp3) is 0.900. The van der Waals surface area contributed by atoms with Gasteiger partial charge in [-0.15, -0.1) is 24.0 Å². The summed E-state index contributed by atoms with van der Waals surface area (Å²) in [5, 5.41) is 11.9. The summed E-state index contributed by atoms with van der Waals surface area (Å²) in [6.45, 7) is 7.15. The van der Waals surface area contributed by atoms with E-state index in [0.29, 0.717) is 11.9 Å². The molecule has 0 unspecified atom stereocenters. The smallest absolute Gasteiger partial charge is 0.188 e. The van der Waals surface area contributed by atoms with E-state index in [1.807, 2.05) is 6.92 Å². The van der Waals surface area contributed by atoms with Gasteiger partial charge in [-0.1, -0.05) is 20.8 Å². The third-order valence-electron chi connectivity index (χ3n) is 2.05. The van der Waals surface area contributed by atoms with Crippen LogP contribution in [0.1, 0.15) is 33.6 Å². The molecule has 4 nitrogen and oxygen atoms in total. The number of hydrogen-bond acceptors (Lipinski definition) is 2. The quantitative estimate of drug-likeness (QED) is 0.391. The molecule has 0 saturated carbocycles. The van der Waals surface area contributed by atoms with Gasteiger partial charge < -0.3 is 16.2 Å². The average molecular weight is 329 g/mol. The van der Waals surface area contributed by atoms with Crippen molar-refractivity contribution in [1.82, 2.24) is 5.32 Å². The van der Waals surface area contributed by atoms with Gasteiger partial charge in [0.2, 0.25) is 0 Å². The first-order valence-electron chi connectivity index (χ1n) is 5.27. The number of aliphatic hydroxyl groups is 1. The van der Waals surface area contributed by atoms with Gasteiger partial charge in [-0.05, 0) is 18.8 Å². The number of guanidine groups is 1. The second-order valence-electron chi connectivity index (χ2n) is 3.88. The van der Waals surface area contributed by atoms with Crippen LogP contribution in [-0.2, 0) is 0 Å². The molecule has 0 aromatic heterocycles. The first-order chi connectivity index (χ1) is 6.60. The maximum absolute atomic E-state index is 8.92. The molecule has 0 aliphatic rings. The van der Waals surface area contributed by atoms with E-state index in [1.165, 1.54) is 0 Å². The van der Waals surface area contributed by atoms with E-state index < -0.39 is 0 Å². The fourth-order valence-corrected chi connectivity index (χ4v) is 0.975. The van der Waals surface area contributed by atoms with Crippen molar-refractivity contribution >= 4 is 29.9 Å². The molecule has 4 N–H and O–H groups in total. The molecule has 1 atom stereocenters. The van der Waals surface area contributed by atoms with Crippen LogP contribution in [0.3, 0.4) is 0 Å². The van der Waals surface area contributed by atoms with Crippen LogP contribution in [0.15, 0.2) is 4.99 Å². The molecule has 0 radical (unpaired) electrons. The third kappa shape index (κ3) is 10.2. The van der Waals surface area contributed by atoms with Crippen LogP contribution in [-0.4, -0.2) is 30.3 Å². The van der Waals surface area contributed by atoms with Crippen molar-refractivity contribution < 1.29 is 5.11 Å². The molecule has 5 heteroatoms. The Morgan fingerprint density at radius 2 is 2.07 bits per heavy atom. The Morgan fingerprint density at radius 1 is 1.47 bits per heavy atom. The lowest BCUT2D eigenvalue weighted by Crippen LogP contribution is -2.41. The highest BCUT2D eigenvalue weighted by Gasteiger charge is 2.03. The number of aliphatic hydroxyl groups excluding tert-OH is 1. The fourth-order valence-electron chi connectivity index (χ4n) is 0.975. The average Bonchev–Trinajstić information content (AvgIpc) is 2.13. The van der Waals surface area contributed by atoms with Crippen LogP contribution in [0.5, 0.6) is 0 Å². The SMILES string of the molecule is CC[C@H](CO)NC(N)=NCCC(C)C.I. The van der Waals surface area contributed by atoms with Gasteiger partial charge in [-0.2, -0.15) is 0 Å². The highest BCUT2D eigenvalue weighted by Crippen LogP contribution is 1.98. The molecule has 92 valence electrons. The van der Waals surface area contributed by atoms with Gasteiger partial charge in [0, 0.05) is 6.54 Å². The summed E-state index contributed by atoms with van der Waals surface area (Å²) in [7, 11) is 0. The number of nitrogens with zero attached hydrogens (tertiary/aromatic N) is 1. The van der Waals surface area contributed by atoms with E-state index in [4.69, 9.17) is 10.8 Å².